The fraction of sp³-hybridized carbons (Fsp3) is 0.0909. The van der Waals surface area contributed by atoms with Gasteiger partial charge in [-0.1, -0.05) is 17.7 Å². The lowest BCUT2D eigenvalue weighted by molar-refractivity contribution is 0.474. The van der Waals surface area contributed by atoms with Crippen LogP contribution in [-0.4, -0.2) is 15.3 Å². The summed E-state index contributed by atoms with van der Waals surface area (Å²) in [5.74, 6) is 0.973. The quantitative estimate of drug-likeness (QED) is 0.853. The SMILES string of the molecule is Oc1cccc(SCc2ccc(Cl)nn2)c1. The van der Waals surface area contributed by atoms with Crippen molar-refractivity contribution in [2.24, 2.45) is 0 Å². The molecule has 0 radical (unpaired) electrons. The van der Waals surface area contributed by atoms with Crippen molar-refractivity contribution in [1.82, 2.24) is 10.2 Å². The van der Waals surface area contributed by atoms with E-state index in [-0.39, 0.29) is 5.75 Å². The van der Waals surface area contributed by atoms with Gasteiger partial charge >= 0.3 is 0 Å². The van der Waals surface area contributed by atoms with Gasteiger partial charge in [0, 0.05) is 10.6 Å². The molecule has 5 heteroatoms. The maximum atomic E-state index is 9.29. The zero-order valence-corrected chi connectivity index (χ0v) is 9.87. The number of halogens is 1. The van der Waals surface area contributed by atoms with Crippen molar-refractivity contribution in [3.8, 4) is 5.75 Å². The van der Waals surface area contributed by atoms with Crippen molar-refractivity contribution in [3.63, 3.8) is 0 Å². The molecule has 0 unspecified atom stereocenters. The van der Waals surface area contributed by atoms with E-state index in [0.29, 0.717) is 10.9 Å². The molecule has 1 heterocycles. The highest BCUT2D eigenvalue weighted by Gasteiger charge is 1.99. The van der Waals surface area contributed by atoms with E-state index in [4.69, 9.17) is 11.6 Å². The Labute approximate surface area is 102 Å². The first-order valence-corrected chi connectivity index (χ1v) is 6.00. The van der Waals surface area contributed by atoms with Gasteiger partial charge in [-0.15, -0.1) is 16.9 Å². The van der Waals surface area contributed by atoms with Crippen molar-refractivity contribution < 1.29 is 5.11 Å². The average Bonchev–Trinajstić information content (AvgIpc) is 2.28. The Morgan fingerprint density at radius 3 is 2.75 bits per heavy atom. The molecule has 3 nitrogen and oxygen atoms in total. The fourth-order valence-corrected chi connectivity index (χ4v) is 2.10. The van der Waals surface area contributed by atoms with Gasteiger partial charge in [-0.25, -0.2) is 0 Å². The molecule has 0 bridgehead atoms. The maximum absolute atomic E-state index is 9.29. The predicted molar refractivity (Wildman–Crippen MR) is 64.7 cm³/mol. The molecule has 2 aromatic rings. The van der Waals surface area contributed by atoms with Gasteiger partial charge in [0.2, 0.25) is 0 Å². The minimum absolute atomic E-state index is 0.271. The summed E-state index contributed by atoms with van der Waals surface area (Å²) in [4.78, 5) is 0.997. The lowest BCUT2D eigenvalue weighted by atomic mass is 10.3. The van der Waals surface area contributed by atoms with Gasteiger partial charge in [-0.3, -0.25) is 0 Å². The number of aromatic nitrogens is 2. The highest BCUT2D eigenvalue weighted by molar-refractivity contribution is 7.98. The van der Waals surface area contributed by atoms with Crippen LogP contribution in [0.2, 0.25) is 5.15 Å². The molecular formula is C11H9ClN2OS. The highest BCUT2D eigenvalue weighted by Crippen LogP contribution is 2.24. The van der Waals surface area contributed by atoms with E-state index in [2.05, 4.69) is 10.2 Å². The van der Waals surface area contributed by atoms with E-state index in [1.165, 1.54) is 0 Å². The van der Waals surface area contributed by atoms with Crippen LogP contribution in [0, 0.1) is 0 Å². The van der Waals surface area contributed by atoms with Crippen molar-refractivity contribution in [2.45, 2.75) is 10.6 Å². The summed E-state index contributed by atoms with van der Waals surface area (Å²) in [6, 6.07) is 10.7. The minimum Gasteiger partial charge on any atom is -0.508 e. The first-order valence-electron chi connectivity index (χ1n) is 4.64. The molecule has 0 aliphatic carbocycles. The lowest BCUT2D eigenvalue weighted by Crippen LogP contribution is -1.89. The molecule has 0 atom stereocenters. The molecule has 1 aromatic carbocycles. The molecule has 2 rings (SSSR count). The van der Waals surface area contributed by atoms with Crippen LogP contribution in [0.3, 0.4) is 0 Å². The van der Waals surface area contributed by atoms with Crippen molar-refractivity contribution in [2.75, 3.05) is 0 Å². The number of thioether (sulfide) groups is 1. The molecule has 0 aliphatic heterocycles. The Balaban J connectivity index is 1.99. The number of phenolic OH excluding ortho intramolecular Hbond substituents is 1. The Bertz CT molecular complexity index is 476. The minimum atomic E-state index is 0.271. The Hall–Kier alpha value is -1.26. The summed E-state index contributed by atoms with van der Waals surface area (Å²) >= 11 is 7.22. The van der Waals surface area contributed by atoms with Crippen LogP contribution in [0.25, 0.3) is 0 Å². The van der Waals surface area contributed by atoms with Gasteiger partial charge in [-0.2, -0.15) is 5.10 Å². The molecule has 82 valence electrons. The molecule has 16 heavy (non-hydrogen) atoms. The second kappa shape index (κ2) is 5.18. The van der Waals surface area contributed by atoms with Crippen LogP contribution in [-0.2, 0) is 5.75 Å². The normalized spacial score (nSPS) is 10.3. The van der Waals surface area contributed by atoms with E-state index < -0.39 is 0 Å². The van der Waals surface area contributed by atoms with Gasteiger partial charge < -0.3 is 5.11 Å². The number of benzene rings is 1. The third-order valence-electron chi connectivity index (χ3n) is 1.89. The first-order chi connectivity index (χ1) is 7.74. The van der Waals surface area contributed by atoms with E-state index in [1.807, 2.05) is 18.2 Å². The third-order valence-corrected chi connectivity index (χ3v) is 3.12. The number of hydrogen-bond acceptors (Lipinski definition) is 4. The summed E-state index contributed by atoms with van der Waals surface area (Å²) in [7, 11) is 0. The first kappa shape index (κ1) is 11.2. The molecule has 0 fully saturated rings. The summed E-state index contributed by atoms with van der Waals surface area (Å²) in [5, 5.41) is 17.4. The third kappa shape index (κ3) is 3.12. The van der Waals surface area contributed by atoms with E-state index in [1.54, 1.807) is 30.0 Å². The van der Waals surface area contributed by atoms with E-state index >= 15 is 0 Å². The number of hydrogen-bond donors (Lipinski definition) is 1. The second-order valence-corrected chi connectivity index (χ2v) is 4.57. The summed E-state index contributed by atoms with van der Waals surface area (Å²) in [5.41, 5.74) is 0.859. The molecule has 0 spiro atoms. The molecule has 0 saturated heterocycles. The summed E-state index contributed by atoms with van der Waals surface area (Å²) in [6.45, 7) is 0. The van der Waals surface area contributed by atoms with Gasteiger partial charge in [0.15, 0.2) is 5.15 Å². The lowest BCUT2D eigenvalue weighted by Gasteiger charge is -2.01. The van der Waals surface area contributed by atoms with Crippen molar-refractivity contribution in [1.29, 1.82) is 0 Å². The number of nitrogens with zero attached hydrogens (tertiary/aromatic N) is 2. The standard InChI is InChI=1S/C11H9ClN2OS/c12-11-5-4-8(13-14-11)7-16-10-3-1-2-9(15)6-10/h1-6,15H,7H2. The number of rotatable bonds is 3. The molecule has 0 aliphatic rings. The van der Waals surface area contributed by atoms with E-state index in [0.717, 1.165) is 10.6 Å². The molecule has 0 saturated carbocycles. The Morgan fingerprint density at radius 1 is 1.19 bits per heavy atom. The summed E-state index contributed by atoms with van der Waals surface area (Å²) in [6.07, 6.45) is 0. The van der Waals surface area contributed by atoms with Crippen LogP contribution in [0.1, 0.15) is 5.69 Å². The largest absolute Gasteiger partial charge is 0.508 e. The summed E-state index contributed by atoms with van der Waals surface area (Å²) < 4.78 is 0. The van der Waals surface area contributed by atoms with Gasteiger partial charge in [0.05, 0.1) is 5.69 Å². The maximum Gasteiger partial charge on any atom is 0.151 e. The van der Waals surface area contributed by atoms with Crippen LogP contribution in [0.5, 0.6) is 5.75 Å². The van der Waals surface area contributed by atoms with Gasteiger partial charge in [0.1, 0.15) is 5.75 Å². The predicted octanol–water partition coefficient (Wildman–Crippen LogP) is 3.13. The smallest absolute Gasteiger partial charge is 0.151 e. The number of phenols is 1. The van der Waals surface area contributed by atoms with Crippen molar-refractivity contribution >= 4 is 23.4 Å². The average molecular weight is 253 g/mol. The molecule has 0 amide bonds. The van der Waals surface area contributed by atoms with Crippen LogP contribution >= 0.6 is 23.4 Å². The fourth-order valence-electron chi connectivity index (χ4n) is 1.15. The van der Waals surface area contributed by atoms with Crippen LogP contribution in [0.4, 0.5) is 0 Å². The van der Waals surface area contributed by atoms with E-state index in [9.17, 15) is 5.11 Å². The molecular weight excluding hydrogens is 244 g/mol. The second-order valence-electron chi connectivity index (χ2n) is 3.13. The number of aromatic hydroxyl groups is 1. The van der Waals surface area contributed by atoms with Crippen LogP contribution < -0.4 is 0 Å². The zero-order valence-electron chi connectivity index (χ0n) is 8.30. The van der Waals surface area contributed by atoms with Gasteiger partial charge in [-0.05, 0) is 30.3 Å². The molecule has 1 aromatic heterocycles. The Kier molecular flexibility index (Phi) is 3.64. The topological polar surface area (TPSA) is 46.0 Å². The molecule has 1 N–H and O–H groups in total. The monoisotopic (exact) mass is 252 g/mol. The zero-order chi connectivity index (χ0) is 11.4. The highest BCUT2D eigenvalue weighted by atomic mass is 35.5. The van der Waals surface area contributed by atoms with Crippen LogP contribution in [0.15, 0.2) is 41.3 Å². The Morgan fingerprint density at radius 2 is 2.06 bits per heavy atom. The van der Waals surface area contributed by atoms with Crippen molar-refractivity contribution in [3.05, 3.63) is 47.2 Å². The van der Waals surface area contributed by atoms with Gasteiger partial charge in [0.25, 0.3) is 0 Å².